The second kappa shape index (κ2) is 10.1. The number of hydrogen-bond donors (Lipinski definition) is 1. The molecule has 0 aliphatic rings. The first-order chi connectivity index (χ1) is 12.6. The summed E-state index contributed by atoms with van der Waals surface area (Å²) in [5, 5.41) is 13.3. The van der Waals surface area contributed by atoms with Gasteiger partial charge in [0.15, 0.2) is 6.61 Å². The summed E-state index contributed by atoms with van der Waals surface area (Å²) in [7, 11) is 0. The van der Waals surface area contributed by atoms with Crippen LogP contribution in [0.3, 0.4) is 0 Å². The second-order valence-corrected chi connectivity index (χ2v) is 5.67. The summed E-state index contributed by atoms with van der Waals surface area (Å²) in [6.07, 6.45) is 0.706. The zero-order valence-electron chi connectivity index (χ0n) is 14.6. The third-order valence-electron chi connectivity index (χ3n) is 3.70. The predicted molar refractivity (Wildman–Crippen MR) is 97.0 cm³/mol. The van der Waals surface area contributed by atoms with Crippen molar-refractivity contribution < 1.29 is 19.2 Å². The first-order valence-electron chi connectivity index (χ1n) is 8.37. The van der Waals surface area contributed by atoms with Gasteiger partial charge in [0.1, 0.15) is 5.75 Å². The number of carbonyl (C=O) groups is 1. The highest BCUT2D eigenvalue weighted by atomic mass is 16.6. The predicted octanol–water partition coefficient (Wildman–Crippen LogP) is 3.26. The Bertz CT molecular complexity index is 704. The molecule has 0 saturated heterocycles. The molecule has 0 aromatic heterocycles. The minimum absolute atomic E-state index is 0.0115. The Kier molecular flexibility index (Phi) is 7.57. The Labute approximate surface area is 152 Å². The number of benzene rings is 2. The summed E-state index contributed by atoms with van der Waals surface area (Å²) in [5.74, 6) is 0.158. The van der Waals surface area contributed by atoms with E-state index in [9.17, 15) is 14.9 Å². The Morgan fingerprint density at radius 2 is 1.85 bits per heavy atom. The van der Waals surface area contributed by atoms with Gasteiger partial charge in [-0.3, -0.25) is 14.9 Å². The van der Waals surface area contributed by atoms with Crippen molar-refractivity contribution in [3.63, 3.8) is 0 Å². The lowest BCUT2D eigenvalue weighted by molar-refractivity contribution is -0.384. The minimum Gasteiger partial charge on any atom is -0.484 e. The van der Waals surface area contributed by atoms with Gasteiger partial charge in [-0.2, -0.15) is 0 Å². The number of nitro groups is 1. The van der Waals surface area contributed by atoms with E-state index in [0.717, 1.165) is 5.56 Å². The molecule has 26 heavy (non-hydrogen) atoms. The van der Waals surface area contributed by atoms with Gasteiger partial charge in [-0.15, -0.1) is 0 Å². The number of nitro benzene ring substituents is 1. The van der Waals surface area contributed by atoms with Crippen LogP contribution >= 0.6 is 0 Å². The average Bonchev–Trinajstić information content (AvgIpc) is 2.67. The number of nitrogens with one attached hydrogen (secondary N) is 1. The Morgan fingerprint density at radius 1 is 1.15 bits per heavy atom. The summed E-state index contributed by atoms with van der Waals surface area (Å²) >= 11 is 0. The molecule has 0 fully saturated rings. The van der Waals surface area contributed by atoms with E-state index in [2.05, 4.69) is 5.32 Å². The van der Waals surface area contributed by atoms with Crippen molar-refractivity contribution in [1.82, 2.24) is 5.32 Å². The first kappa shape index (κ1) is 19.4. The SMILES string of the molecule is CC(OCCCNC(=O)COc1ccc([N+](=O)[O-])cc1)c1ccccc1. The van der Waals surface area contributed by atoms with Crippen LogP contribution < -0.4 is 10.1 Å². The summed E-state index contributed by atoms with van der Waals surface area (Å²) in [4.78, 5) is 21.8. The van der Waals surface area contributed by atoms with Crippen molar-refractivity contribution in [2.75, 3.05) is 19.8 Å². The van der Waals surface area contributed by atoms with Crippen molar-refractivity contribution in [2.45, 2.75) is 19.4 Å². The molecule has 0 heterocycles. The van der Waals surface area contributed by atoms with Crippen LogP contribution in [0.15, 0.2) is 54.6 Å². The van der Waals surface area contributed by atoms with Gasteiger partial charge in [-0.1, -0.05) is 30.3 Å². The molecule has 1 atom stereocenters. The molecule has 2 rings (SSSR count). The third kappa shape index (κ3) is 6.52. The Balaban J connectivity index is 1.58. The van der Waals surface area contributed by atoms with Gasteiger partial charge in [0.05, 0.1) is 11.0 Å². The van der Waals surface area contributed by atoms with E-state index in [0.29, 0.717) is 25.3 Å². The number of amides is 1. The Hall–Kier alpha value is -2.93. The second-order valence-electron chi connectivity index (χ2n) is 5.67. The maximum atomic E-state index is 11.7. The van der Waals surface area contributed by atoms with Crippen molar-refractivity contribution >= 4 is 11.6 Å². The summed E-state index contributed by atoms with van der Waals surface area (Å²) in [6, 6.07) is 15.5. The van der Waals surface area contributed by atoms with E-state index in [-0.39, 0.29) is 24.3 Å². The maximum Gasteiger partial charge on any atom is 0.269 e. The van der Waals surface area contributed by atoms with E-state index < -0.39 is 4.92 Å². The fraction of sp³-hybridized carbons (Fsp3) is 0.316. The molecule has 2 aromatic carbocycles. The molecule has 2 aromatic rings. The van der Waals surface area contributed by atoms with E-state index in [1.165, 1.54) is 24.3 Å². The molecule has 1 N–H and O–H groups in total. The zero-order valence-corrected chi connectivity index (χ0v) is 14.6. The van der Waals surface area contributed by atoms with Gasteiger partial charge in [0.25, 0.3) is 11.6 Å². The normalized spacial score (nSPS) is 11.6. The van der Waals surface area contributed by atoms with Crippen LogP contribution in [0.2, 0.25) is 0 Å². The molecule has 0 saturated carbocycles. The highest BCUT2D eigenvalue weighted by molar-refractivity contribution is 5.77. The lowest BCUT2D eigenvalue weighted by Gasteiger charge is -2.13. The molecule has 0 radical (unpaired) electrons. The van der Waals surface area contributed by atoms with Gasteiger partial charge in [-0.05, 0) is 31.0 Å². The maximum absolute atomic E-state index is 11.7. The lowest BCUT2D eigenvalue weighted by atomic mass is 10.1. The van der Waals surface area contributed by atoms with Crippen LogP contribution in [-0.4, -0.2) is 30.6 Å². The molecule has 0 spiro atoms. The van der Waals surface area contributed by atoms with Crippen LogP contribution in [0, 0.1) is 10.1 Å². The molecule has 138 valence electrons. The average molecular weight is 358 g/mol. The molecular weight excluding hydrogens is 336 g/mol. The van der Waals surface area contributed by atoms with Crippen LogP contribution in [-0.2, 0) is 9.53 Å². The number of rotatable bonds is 10. The standard InChI is InChI=1S/C19H22N2O5/c1-15(16-6-3-2-4-7-16)25-13-5-12-20-19(22)14-26-18-10-8-17(9-11-18)21(23)24/h2-4,6-11,15H,5,12-14H2,1H3,(H,20,22). The Morgan fingerprint density at radius 3 is 2.50 bits per heavy atom. The number of ether oxygens (including phenoxy) is 2. The monoisotopic (exact) mass is 358 g/mol. The van der Waals surface area contributed by atoms with Gasteiger partial charge in [-0.25, -0.2) is 0 Å². The molecule has 0 bridgehead atoms. The van der Waals surface area contributed by atoms with Crippen LogP contribution in [0.5, 0.6) is 5.75 Å². The molecule has 7 nitrogen and oxygen atoms in total. The number of non-ortho nitro benzene ring substituents is 1. The van der Waals surface area contributed by atoms with Crippen molar-refractivity contribution in [1.29, 1.82) is 0 Å². The number of carbonyl (C=O) groups excluding carboxylic acids is 1. The van der Waals surface area contributed by atoms with Gasteiger partial charge in [0, 0.05) is 25.3 Å². The van der Waals surface area contributed by atoms with Crippen molar-refractivity contribution in [2.24, 2.45) is 0 Å². The molecular formula is C19H22N2O5. The first-order valence-corrected chi connectivity index (χ1v) is 8.37. The smallest absolute Gasteiger partial charge is 0.269 e. The van der Waals surface area contributed by atoms with Gasteiger partial charge in [0.2, 0.25) is 0 Å². The minimum atomic E-state index is -0.489. The molecule has 0 aliphatic heterocycles. The zero-order chi connectivity index (χ0) is 18.8. The molecule has 7 heteroatoms. The van der Waals surface area contributed by atoms with E-state index in [1.807, 2.05) is 37.3 Å². The topological polar surface area (TPSA) is 90.7 Å². The van der Waals surface area contributed by atoms with Crippen LogP contribution in [0.1, 0.15) is 25.0 Å². The summed E-state index contributed by atoms with van der Waals surface area (Å²) in [5.41, 5.74) is 1.10. The fourth-order valence-corrected chi connectivity index (χ4v) is 2.24. The number of nitrogens with zero attached hydrogens (tertiary/aromatic N) is 1. The van der Waals surface area contributed by atoms with Gasteiger partial charge < -0.3 is 14.8 Å². The van der Waals surface area contributed by atoms with E-state index in [4.69, 9.17) is 9.47 Å². The highest BCUT2D eigenvalue weighted by Gasteiger charge is 2.07. The molecule has 1 amide bonds. The third-order valence-corrected chi connectivity index (χ3v) is 3.70. The van der Waals surface area contributed by atoms with Gasteiger partial charge >= 0.3 is 0 Å². The lowest BCUT2D eigenvalue weighted by Crippen LogP contribution is -2.30. The summed E-state index contributed by atoms with van der Waals surface area (Å²) in [6.45, 7) is 2.88. The highest BCUT2D eigenvalue weighted by Crippen LogP contribution is 2.17. The van der Waals surface area contributed by atoms with E-state index >= 15 is 0 Å². The molecule has 0 aliphatic carbocycles. The number of hydrogen-bond acceptors (Lipinski definition) is 5. The fourth-order valence-electron chi connectivity index (χ4n) is 2.24. The van der Waals surface area contributed by atoms with E-state index in [1.54, 1.807) is 0 Å². The van der Waals surface area contributed by atoms with Crippen LogP contribution in [0.4, 0.5) is 5.69 Å². The molecule has 1 unspecified atom stereocenters. The van der Waals surface area contributed by atoms with Crippen LogP contribution in [0.25, 0.3) is 0 Å². The summed E-state index contributed by atoms with van der Waals surface area (Å²) < 4.78 is 11.0. The van der Waals surface area contributed by atoms with Crippen molar-refractivity contribution in [3.8, 4) is 5.75 Å². The quantitative estimate of drug-likeness (QED) is 0.400. The van der Waals surface area contributed by atoms with Crippen molar-refractivity contribution in [3.05, 3.63) is 70.3 Å². The largest absolute Gasteiger partial charge is 0.484 e.